The number of aromatic nitrogens is 1. The third kappa shape index (κ3) is 2.74. The molecular formula is C15H22N2O2S. The lowest BCUT2D eigenvalue weighted by Crippen LogP contribution is -2.35. The summed E-state index contributed by atoms with van der Waals surface area (Å²) in [5.74, 6) is 0.633. The van der Waals surface area contributed by atoms with E-state index in [0.29, 0.717) is 18.5 Å². The average molecular weight is 294 g/mol. The number of carbonyl (C=O) groups excluding carboxylic acids is 1. The van der Waals surface area contributed by atoms with Crippen molar-refractivity contribution in [2.45, 2.75) is 57.4 Å². The summed E-state index contributed by atoms with van der Waals surface area (Å²) in [7, 11) is 0. The second-order valence-corrected chi connectivity index (χ2v) is 6.93. The molecule has 5 heteroatoms. The summed E-state index contributed by atoms with van der Waals surface area (Å²) in [5.41, 5.74) is 0.866. The van der Waals surface area contributed by atoms with Gasteiger partial charge in [0.1, 0.15) is 4.88 Å². The van der Waals surface area contributed by atoms with Crippen molar-refractivity contribution in [2.75, 3.05) is 13.2 Å². The number of thiazole rings is 1. The van der Waals surface area contributed by atoms with Crippen LogP contribution < -0.4 is 0 Å². The number of aryl methyl sites for hydroxylation is 1. The summed E-state index contributed by atoms with van der Waals surface area (Å²) < 4.78 is 0. The minimum absolute atomic E-state index is 0.0373. The quantitative estimate of drug-likeness (QED) is 0.908. The zero-order valence-corrected chi connectivity index (χ0v) is 12.8. The molecule has 110 valence electrons. The average Bonchev–Trinajstić information content (AvgIpc) is 2.98. The predicted octanol–water partition coefficient (Wildman–Crippen LogP) is 2.71. The summed E-state index contributed by atoms with van der Waals surface area (Å²) in [6.45, 7) is 2.42. The molecule has 2 aliphatic carbocycles. The van der Waals surface area contributed by atoms with Crippen molar-refractivity contribution in [3.63, 3.8) is 0 Å². The zero-order chi connectivity index (χ0) is 14.1. The summed E-state index contributed by atoms with van der Waals surface area (Å²) in [5, 5.41) is 10.3. The summed E-state index contributed by atoms with van der Waals surface area (Å²) >= 11 is 1.58. The molecular weight excluding hydrogens is 272 g/mol. The monoisotopic (exact) mass is 294 g/mol. The molecule has 1 aromatic heterocycles. The number of aliphatic hydroxyl groups excluding tert-OH is 1. The molecule has 0 spiro atoms. The van der Waals surface area contributed by atoms with Crippen LogP contribution in [0.1, 0.15) is 64.8 Å². The molecule has 1 amide bonds. The van der Waals surface area contributed by atoms with Gasteiger partial charge in [-0.2, -0.15) is 0 Å². The van der Waals surface area contributed by atoms with E-state index in [-0.39, 0.29) is 12.5 Å². The van der Waals surface area contributed by atoms with Crippen molar-refractivity contribution < 1.29 is 9.90 Å². The van der Waals surface area contributed by atoms with Crippen LogP contribution in [0.25, 0.3) is 0 Å². The van der Waals surface area contributed by atoms with Crippen LogP contribution in [0.4, 0.5) is 0 Å². The highest BCUT2D eigenvalue weighted by molar-refractivity contribution is 7.13. The lowest BCUT2D eigenvalue weighted by Gasteiger charge is -2.20. The Morgan fingerprint density at radius 2 is 2.05 bits per heavy atom. The first-order valence-corrected chi connectivity index (χ1v) is 8.41. The standard InChI is InChI=1S/C15H22N2O2S/c1-10-13(15(19)17(8-9-18)12-6-7-12)20-14(16-10)11-4-2-3-5-11/h11-12,18H,2-9H2,1H3. The molecule has 0 radical (unpaired) electrons. The van der Waals surface area contributed by atoms with Gasteiger partial charge in [0, 0.05) is 18.5 Å². The minimum atomic E-state index is 0.0373. The maximum absolute atomic E-state index is 12.7. The van der Waals surface area contributed by atoms with Gasteiger partial charge in [0.2, 0.25) is 0 Å². The highest BCUT2D eigenvalue weighted by Crippen LogP contribution is 2.38. The highest BCUT2D eigenvalue weighted by Gasteiger charge is 2.34. The van der Waals surface area contributed by atoms with Crippen LogP contribution in [0.3, 0.4) is 0 Å². The highest BCUT2D eigenvalue weighted by atomic mass is 32.1. The number of amides is 1. The molecule has 2 fully saturated rings. The normalized spacial score (nSPS) is 19.5. The molecule has 1 N–H and O–H groups in total. The van der Waals surface area contributed by atoms with Crippen LogP contribution in [0, 0.1) is 6.92 Å². The van der Waals surface area contributed by atoms with Crippen LogP contribution in [-0.2, 0) is 0 Å². The van der Waals surface area contributed by atoms with Gasteiger partial charge in [0.05, 0.1) is 17.3 Å². The molecule has 0 atom stereocenters. The van der Waals surface area contributed by atoms with E-state index in [1.54, 1.807) is 11.3 Å². The van der Waals surface area contributed by atoms with E-state index < -0.39 is 0 Å². The molecule has 2 aliphatic rings. The first-order chi connectivity index (χ1) is 9.70. The van der Waals surface area contributed by atoms with Gasteiger partial charge < -0.3 is 10.0 Å². The van der Waals surface area contributed by atoms with Gasteiger partial charge >= 0.3 is 0 Å². The van der Waals surface area contributed by atoms with Crippen LogP contribution in [0.2, 0.25) is 0 Å². The van der Waals surface area contributed by atoms with E-state index in [9.17, 15) is 4.79 Å². The lowest BCUT2D eigenvalue weighted by molar-refractivity contribution is 0.0711. The van der Waals surface area contributed by atoms with Crippen molar-refractivity contribution in [1.82, 2.24) is 9.88 Å². The predicted molar refractivity (Wildman–Crippen MR) is 79.2 cm³/mol. The Morgan fingerprint density at radius 1 is 1.35 bits per heavy atom. The molecule has 1 aromatic rings. The Hall–Kier alpha value is -0.940. The number of rotatable bonds is 5. The fourth-order valence-corrected chi connectivity index (χ4v) is 4.23. The first kappa shape index (κ1) is 14.0. The fraction of sp³-hybridized carbons (Fsp3) is 0.733. The fourth-order valence-electron chi connectivity index (χ4n) is 3.04. The van der Waals surface area contributed by atoms with E-state index in [1.165, 1.54) is 25.7 Å². The lowest BCUT2D eigenvalue weighted by atomic mass is 10.1. The van der Waals surface area contributed by atoms with Crippen molar-refractivity contribution in [3.05, 3.63) is 15.6 Å². The van der Waals surface area contributed by atoms with Crippen molar-refractivity contribution >= 4 is 17.2 Å². The Bertz CT molecular complexity index is 490. The van der Waals surface area contributed by atoms with E-state index in [0.717, 1.165) is 28.4 Å². The molecule has 0 aliphatic heterocycles. The minimum Gasteiger partial charge on any atom is -0.395 e. The van der Waals surface area contributed by atoms with Crippen molar-refractivity contribution in [3.8, 4) is 0 Å². The first-order valence-electron chi connectivity index (χ1n) is 7.60. The van der Waals surface area contributed by atoms with Crippen molar-refractivity contribution in [2.24, 2.45) is 0 Å². The maximum atomic E-state index is 12.7. The number of aliphatic hydroxyl groups is 1. The maximum Gasteiger partial charge on any atom is 0.266 e. The van der Waals surface area contributed by atoms with Crippen LogP contribution in [0.15, 0.2) is 0 Å². The Kier molecular flexibility index (Phi) is 4.08. The van der Waals surface area contributed by atoms with E-state index in [4.69, 9.17) is 5.11 Å². The largest absolute Gasteiger partial charge is 0.395 e. The third-order valence-corrected chi connectivity index (χ3v) is 5.61. The zero-order valence-electron chi connectivity index (χ0n) is 12.0. The number of nitrogens with zero attached hydrogens (tertiary/aromatic N) is 2. The molecule has 0 unspecified atom stereocenters. The Balaban J connectivity index is 1.79. The molecule has 0 saturated heterocycles. The van der Waals surface area contributed by atoms with Gasteiger partial charge in [-0.1, -0.05) is 12.8 Å². The van der Waals surface area contributed by atoms with Crippen LogP contribution in [-0.4, -0.2) is 40.1 Å². The molecule has 0 aromatic carbocycles. The summed E-state index contributed by atoms with van der Waals surface area (Å²) in [6.07, 6.45) is 7.13. The Morgan fingerprint density at radius 3 is 2.65 bits per heavy atom. The molecule has 4 nitrogen and oxygen atoms in total. The molecule has 3 rings (SSSR count). The third-order valence-electron chi connectivity index (χ3n) is 4.30. The molecule has 2 saturated carbocycles. The number of hydrogen-bond donors (Lipinski definition) is 1. The summed E-state index contributed by atoms with van der Waals surface area (Å²) in [4.78, 5) is 19.9. The Labute approximate surface area is 123 Å². The second kappa shape index (κ2) is 5.82. The topological polar surface area (TPSA) is 53.4 Å². The van der Waals surface area contributed by atoms with Gasteiger partial charge in [-0.3, -0.25) is 4.79 Å². The number of carbonyl (C=O) groups is 1. The van der Waals surface area contributed by atoms with Crippen LogP contribution in [0.5, 0.6) is 0 Å². The van der Waals surface area contributed by atoms with Gasteiger partial charge in [-0.25, -0.2) is 4.98 Å². The van der Waals surface area contributed by atoms with E-state index >= 15 is 0 Å². The van der Waals surface area contributed by atoms with E-state index in [1.807, 2.05) is 11.8 Å². The van der Waals surface area contributed by atoms with Gasteiger partial charge in [0.25, 0.3) is 5.91 Å². The second-order valence-electron chi connectivity index (χ2n) is 5.90. The van der Waals surface area contributed by atoms with Gasteiger partial charge in [0.15, 0.2) is 0 Å². The van der Waals surface area contributed by atoms with Crippen molar-refractivity contribution in [1.29, 1.82) is 0 Å². The van der Waals surface area contributed by atoms with E-state index in [2.05, 4.69) is 4.98 Å². The molecule has 20 heavy (non-hydrogen) atoms. The molecule has 1 heterocycles. The van der Waals surface area contributed by atoms with Crippen LogP contribution >= 0.6 is 11.3 Å². The van der Waals surface area contributed by atoms with Gasteiger partial charge in [-0.15, -0.1) is 11.3 Å². The number of hydrogen-bond acceptors (Lipinski definition) is 4. The summed E-state index contributed by atoms with van der Waals surface area (Å²) in [6, 6.07) is 0.339. The van der Waals surface area contributed by atoms with Gasteiger partial charge in [-0.05, 0) is 32.6 Å². The SMILES string of the molecule is Cc1nc(C2CCCC2)sc1C(=O)N(CCO)C1CC1. The smallest absolute Gasteiger partial charge is 0.266 e. The molecule has 0 bridgehead atoms.